The lowest BCUT2D eigenvalue weighted by Gasteiger charge is -2.14. The van der Waals surface area contributed by atoms with Gasteiger partial charge in [0, 0.05) is 30.2 Å². The molecule has 8 heteroatoms. The maximum Gasteiger partial charge on any atom is 0.191 e. The van der Waals surface area contributed by atoms with Gasteiger partial charge in [0.05, 0.1) is 6.54 Å². The Labute approximate surface area is 144 Å². The van der Waals surface area contributed by atoms with Gasteiger partial charge in [-0.1, -0.05) is 18.2 Å². The molecule has 0 fully saturated rings. The smallest absolute Gasteiger partial charge is 0.191 e. The Morgan fingerprint density at radius 2 is 2.21 bits per heavy atom. The Hall–Kier alpha value is -2.45. The molecule has 0 saturated carbocycles. The van der Waals surface area contributed by atoms with E-state index in [1.165, 1.54) is 4.70 Å². The summed E-state index contributed by atoms with van der Waals surface area (Å²) >= 11 is 1.61. The number of aliphatic imine (C=N–C) groups is 1. The van der Waals surface area contributed by atoms with E-state index in [-0.39, 0.29) is 0 Å². The molecule has 2 aromatic heterocycles. The van der Waals surface area contributed by atoms with Crippen molar-refractivity contribution in [2.24, 2.45) is 12.0 Å². The molecule has 0 aliphatic rings. The van der Waals surface area contributed by atoms with Crippen LogP contribution in [0.3, 0.4) is 0 Å². The van der Waals surface area contributed by atoms with Gasteiger partial charge in [-0.25, -0.2) is 0 Å². The van der Waals surface area contributed by atoms with Crippen LogP contribution >= 0.6 is 11.3 Å². The number of nitrogens with one attached hydrogen (secondary N) is 2. The lowest BCUT2D eigenvalue weighted by atomic mass is 10.2. The number of thiophene rings is 1. The van der Waals surface area contributed by atoms with Crippen molar-refractivity contribution in [2.75, 3.05) is 13.6 Å². The maximum atomic E-state index is 10.4. The molecule has 3 rings (SSSR count). The zero-order valence-electron chi connectivity index (χ0n) is 13.6. The first-order valence-corrected chi connectivity index (χ1v) is 8.43. The molecule has 2 heterocycles. The van der Waals surface area contributed by atoms with Gasteiger partial charge in [0.15, 0.2) is 11.8 Å². The lowest BCUT2D eigenvalue weighted by molar-refractivity contribution is 0.184. The van der Waals surface area contributed by atoms with E-state index in [4.69, 9.17) is 0 Å². The van der Waals surface area contributed by atoms with Crippen LogP contribution in [0.1, 0.15) is 16.8 Å². The molecule has 24 heavy (non-hydrogen) atoms. The summed E-state index contributed by atoms with van der Waals surface area (Å²) in [5.41, 5.74) is 0. The molecule has 0 radical (unpaired) electrons. The summed E-state index contributed by atoms with van der Waals surface area (Å²) in [7, 11) is 3.58. The van der Waals surface area contributed by atoms with Gasteiger partial charge in [-0.2, -0.15) is 0 Å². The third-order valence-electron chi connectivity index (χ3n) is 3.68. The van der Waals surface area contributed by atoms with Crippen molar-refractivity contribution in [3.05, 3.63) is 47.4 Å². The number of aromatic nitrogens is 3. The van der Waals surface area contributed by atoms with Crippen LogP contribution in [0.25, 0.3) is 10.1 Å². The summed E-state index contributed by atoms with van der Waals surface area (Å²) in [4.78, 5) is 5.09. The zero-order chi connectivity index (χ0) is 16.9. The number of aryl methyl sites for hydroxylation is 1. The Morgan fingerprint density at radius 1 is 1.38 bits per heavy atom. The zero-order valence-corrected chi connectivity index (χ0v) is 14.4. The minimum Gasteiger partial charge on any atom is -0.386 e. The summed E-state index contributed by atoms with van der Waals surface area (Å²) in [5, 5.41) is 25.7. The number of fused-ring (bicyclic) bond motifs is 1. The third kappa shape index (κ3) is 3.72. The number of hydrogen-bond acceptors (Lipinski definition) is 5. The van der Waals surface area contributed by atoms with Crippen molar-refractivity contribution >= 4 is 27.4 Å². The van der Waals surface area contributed by atoms with E-state index in [0.717, 1.165) is 16.1 Å². The largest absolute Gasteiger partial charge is 0.386 e. The van der Waals surface area contributed by atoms with E-state index in [1.54, 1.807) is 24.7 Å². The number of benzene rings is 1. The first kappa shape index (κ1) is 16.4. The van der Waals surface area contributed by atoms with Crippen LogP contribution in [0.2, 0.25) is 0 Å². The lowest BCUT2D eigenvalue weighted by Crippen LogP contribution is -2.39. The van der Waals surface area contributed by atoms with Crippen molar-refractivity contribution in [3.8, 4) is 0 Å². The van der Waals surface area contributed by atoms with E-state index in [9.17, 15) is 5.11 Å². The fourth-order valence-corrected chi connectivity index (χ4v) is 3.36. The van der Waals surface area contributed by atoms with Gasteiger partial charge in [-0.15, -0.1) is 21.5 Å². The first-order valence-electron chi connectivity index (χ1n) is 7.61. The molecule has 1 unspecified atom stereocenters. The summed E-state index contributed by atoms with van der Waals surface area (Å²) < 4.78 is 3.02. The molecule has 0 aliphatic carbocycles. The molecular weight excluding hydrogens is 324 g/mol. The molecule has 0 aliphatic heterocycles. The standard InChI is InChI=1S/C16H20N6OS/c1-17-16(19-9-15-21-20-10-22(15)2)18-8-12(23)14-7-11-5-3-4-6-13(11)24-14/h3-7,10,12,23H,8-9H2,1-2H3,(H2,17,18,19). The number of nitrogens with zero attached hydrogens (tertiary/aromatic N) is 4. The fourth-order valence-electron chi connectivity index (χ4n) is 2.31. The Morgan fingerprint density at radius 3 is 2.92 bits per heavy atom. The summed E-state index contributed by atoms with van der Waals surface area (Å²) in [6.07, 6.45) is 1.06. The van der Waals surface area contributed by atoms with Crippen LogP contribution in [0, 0.1) is 0 Å². The molecule has 1 atom stereocenters. The highest BCUT2D eigenvalue weighted by atomic mass is 32.1. The molecular formula is C16H20N6OS. The SMILES string of the molecule is CN=C(NCc1nncn1C)NCC(O)c1cc2ccccc2s1. The van der Waals surface area contributed by atoms with Crippen molar-refractivity contribution < 1.29 is 5.11 Å². The number of aliphatic hydroxyl groups is 1. The Bertz CT molecular complexity index is 807. The van der Waals surface area contributed by atoms with E-state index < -0.39 is 6.10 Å². The van der Waals surface area contributed by atoms with E-state index >= 15 is 0 Å². The van der Waals surface area contributed by atoms with Gasteiger partial charge in [0.1, 0.15) is 12.4 Å². The predicted octanol–water partition coefficient (Wildman–Crippen LogP) is 1.43. The number of aliphatic hydroxyl groups excluding tert-OH is 1. The highest BCUT2D eigenvalue weighted by molar-refractivity contribution is 7.19. The fraction of sp³-hybridized carbons (Fsp3) is 0.312. The molecule has 0 spiro atoms. The van der Waals surface area contributed by atoms with E-state index in [2.05, 4.69) is 38.0 Å². The molecule has 126 valence electrons. The average molecular weight is 344 g/mol. The van der Waals surface area contributed by atoms with Crippen molar-refractivity contribution in [1.82, 2.24) is 25.4 Å². The van der Waals surface area contributed by atoms with Crippen molar-refractivity contribution in [2.45, 2.75) is 12.6 Å². The van der Waals surface area contributed by atoms with E-state index in [0.29, 0.717) is 19.0 Å². The molecule has 1 aromatic carbocycles. The normalized spacial score (nSPS) is 13.2. The maximum absolute atomic E-state index is 10.4. The van der Waals surface area contributed by atoms with Crippen LogP contribution in [0.5, 0.6) is 0 Å². The molecule has 0 bridgehead atoms. The minimum absolute atomic E-state index is 0.380. The number of hydrogen-bond donors (Lipinski definition) is 3. The van der Waals surface area contributed by atoms with Crippen molar-refractivity contribution in [3.63, 3.8) is 0 Å². The molecule has 0 saturated heterocycles. The third-order valence-corrected chi connectivity index (χ3v) is 4.90. The van der Waals surface area contributed by atoms with Gasteiger partial charge < -0.3 is 20.3 Å². The summed E-state index contributed by atoms with van der Waals surface area (Å²) in [5.74, 6) is 1.42. The van der Waals surface area contributed by atoms with Crippen LogP contribution < -0.4 is 10.6 Å². The van der Waals surface area contributed by atoms with Crippen LogP contribution in [0.4, 0.5) is 0 Å². The second-order valence-corrected chi connectivity index (χ2v) is 6.48. The molecule has 0 amide bonds. The summed E-state index contributed by atoms with van der Waals surface area (Å²) in [6, 6.07) is 10.1. The second-order valence-electron chi connectivity index (χ2n) is 5.37. The van der Waals surface area contributed by atoms with Gasteiger partial charge in [-0.3, -0.25) is 4.99 Å². The van der Waals surface area contributed by atoms with E-state index in [1.807, 2.05) is 29.8 Å². The predicted molar refractivity (Wildman–Crippen MR) is 96.0 cm³/mol. The number of guanidine groups is 1. The molecule has 7 nitrogen and oxygen atoms in total. The highest BCUT2D eigenvalue weighted by Gasteiger charge is 2.12. The minimum atomic E-state index is -0.587. The van der Waals surface area contributed by atoms with Crippen molar-refractivity contribution in [1.29, 1.82) is 0 Å². The second kappa shape index (κ2) is 7.41. The van der Waals surface area contributed by atoms with Gasteiger partial charge in [-0.05, 0) is 17.5 Å². The van der Waals surface area contributed by atoms with Crippen LogP contribution in [-0.2, 0) is 13.6 Å². The first-order chi connectivity index (χ1) is 11.7. The monoisotopic (exact) mass is 344 g/mol. The molecule has 3 aromatic rings. The average Bonchev–Trinajstić information content (AvgIpc) is 3.20. The van der Waals surface area contributed by atoms with Crippen LogP contribution in [-0.4, -0.2) is 39.4 Å². The van der Waals surface area contributed by atoms with Gasteiger partial charge >= 0.3 is 0 Å². The molecule has 3 N–H and O–H groups in total. The number of rotatable bonds is 5. The van der Waals surface area contributed by atoms with Gasteiger partial charge in [0.2, 0.25) is 0 Å². The quantitative estimate of drug-likeness (QED) is 0.481. The topological polar surface area (TPSA) is 87.4 Å². The Kier molecular flexibility index (Phi) is 5.07. The van der Waals surface area contributed by atoms with Crippen LogP contribution in [0.15, 0.2) is 41.7 Å². The van der Waals surface area contributed by atoms with Gasteiger partial charge in [0.25, 0.3) is 0 Å². The summed E-state index contributed by atoms with van der Waals surface area (Å²) in [6.45, 7) is 0.889. The Balaban J connectivity index is 1.55. The highest BCUT2D eigenvalue weighted by Crippen LogP contribution is 2.29.